The van der Waals surface area contributed by atoms with Crippen LogP contribution in [0.25, 0.3) is 0 Å². The molecule has 3 rings (SSSR count). The van der Waals surface area contributed by atoms with Crippen LogP contribution >= 0.6 is 0 Å². The molecule has 1 aliphatic heterocycles. The van der Waals surface area contributed by atoms with Crippen molar-refractivity contribution in [1.82, 2.24) is 5.32 Å². The first-order valence-corrected chi connectivity index (χ1v) is 6.50. The summed E-state index contributed by atoms with van der Waals surface area (Å²) in [5, 5.41) is 22.2. The van der Waals surface area contributed by atoms with Crippen LogP contribution in [0.3, 0.4) is 0 Å². The molecule has 2 aromatic carbocycles. The number of carbonyl (C=O) groups is 2. The number of hydrogen-bond acceptors (Lipinski definition) is 3. The Bertz CT molecular complexity index is 726. The summed E-state index contributed by atoms with van der Waals surface area (Å²) in [5.74, 6) is -2.35. The Balaban J connectivity index is 2.17. The highest BCUT2D eigenvalue weighted by atomic mass is 16.4. The van der Waals surface area contributed by atoms with Gasteiger partial charge in [0.15, 0.2) is 0 Å². The van der Waals surface area contributed by atoms with Crippen LogP contribution in [0.15, 0.2) is 48.5 Å². The minimum atomic E-state index is -1.05. The molecule has 0 fully saturated rings. The van der Waals surface area contributed by atoms with E-state index in [4.69, 9.17) is 0 Å². The van der Waals surface area contributed by atoms with Gasteiger partial charge in [0, 0.05) is 11.1 Å². The van der Waals surface area contributed by atoms with E-state index in [-0.39, 0.29) is 11.7 Å². The fourth-order valence-electron chi connectivity index (χ4n) is 2.74. The molecule has 1 heterocycles. The van der Waals surface area contributed by atoms with Crippen molar-refractivity contribution in [2.45, 2.75) is 12.0 Å². The van der Waals surface area contributed by atoms with Crippen molar-refractivity contribution in [1.29, 1.82) is 0 Å². The maximum absolute atomic E-state index is 12.2. The molecule has 0 radical (unpaired) electrons. The molecule has 5 heteroatoms. The number of carboxylic acids is 1. The van der Waals surface area contributed by atoms with Gasteiger partial charge in [-0.25, -0.2) is 0 Å². The van der Waals surface area contributed by atoms with Crippen LogP contribution in [0.5, 0.6) is 5.75 Å². The molecule has 0 aromatic heterocycles. The molecule has 0 bridgehead atoms. The van der Waals surface area contributed by atoms with Crippen molar-refractivity contribution >= 4 is 11.9 Å². The summed E-state index contributed by atoms with van der Waals surface area (Å²) in [4.78, 5) is 23.8. The Morgan fingerprint density at radius 1 is 1.00 bits per heavy atom. The third-order valence-corrected chi connectivity index (χ3v) is 3.70. The van der Waals surface area contributed by atoms with Gasteiger partial charge in [-0.15, -0.1) is 0 Å². The first-order valence-electron chi connectivity index (χ1n) is 6.50. The van der Waals surface area contributed by atoms with Crippen LogP contribution in [-0.2, 0) is 4.79 Å². The summed E-state index contributed by atoms with van der Waals surface area (Å²) >= 11 is 0. The number of phenolic OH excluding ortho intramolecular Hbond substituents is 1. The van der Waals surface area contributed by atoms with Crippen LogP contribution in [-0.4, -0.2) is 22.1 Å². The summed E-state index contributed by atoms with van der Waals surface area (Å²) in [6.07, 6.45) is 0. The molecule has 21 heavy (non-hydrogen) atoms. The summed E-state index contributed by atoms with van der Waals surface area (Å²) < 4.78 is 0. The van der Waals surface area contributed by atoms with E-state index in [1.54, 1.807) is 42.5 Å². The first kappa shape index (κ1) is 13.2. The topological polar surface area (TPSA) is 86.6 Å². The van der Waals surface area contributed by atoms with E-state index in [2.05, 4.69) is 5.32 Å². The molecule has 3 N–H and O–H groups in total. The van der Waals surface area contributed by atoms with Crippen LogP contribution in [0.1, 0.15) is 33.4 Å². The van der Waals surface area contributed by atoms with E-state index < -0.39 is 17.9 Å². The Kier molecular flexibility index (Phi) is 3.10. The largest absolute Gasteiger partial charge is 0.508 e. The van der Waals surface area contributed by atoms with Crippen molar-refractivity contribution in [3.63, 3.8) is 0 Å². The van der Waals surface area contributed by atoms with E-state index in [1.807, 2.05) is 0 Å². The van der Waals surface area contributed by atoms with Crippen LogP contribution < -0.4 is 5.32 Å². The van der Waals surface area contributed by atoms with E-state index in [9.17, 15) is 19.8 Å². The molecule has 2 atom stereocenters. The smallest absolute Gasteiger partial charge is 0.313 e. The van der Waals surface area contributed by atoms with Crippen molar-refractivity contribution in [3.05, 3.63) is 65.2 Å². The number of aliphatic carboxylic acids is 1. The quantitative estimate of drug-likeness (QED) is 0.787. The first-order chi connectivity index (χ1) is 10.1. The molecule has 0 unspecified atom stereocenters. The van der Waals surface area contributed by atoms with Gasteiger partial charge in [0.05, 0.1) is 6.04 Å². The number of hydrogen-bond donors (Lipinski definition) is 3. The van der Waals surface area contributed by atoms with Gasteiger partial charge in [0.25, 0.3) is 5.91 Å². The molecule has 106 valence electrons. The Hall–Kier alpha value is -2.82. The van der Waals surface area contributed by atoms with Gasteiger partial charge in [-0.05, 0) is 17.7 Å². The summed E-state index contributed by atoms with van der Waals surface area (Å²) in [6, 6.07) is 12.3. The number of amides is 1. The molecule has 0 spiro atoms. The Morgan fingerprint density at radius 3 is 2.29 bits per heavy atom. The lowest BCUT2D eigenvalue weighted by molar-refractivity contribution is -0.139. The number of fused-ring (bicyclic) bond motifs is 1. The van der Waals surface area contributed by atoms with Crippen LogP contribution in [0.2, 0.25) is 0 Å². The van der Waals surface area contributed by atoms with Gasteiger partial charge in [0.2, 0.25) is 0 Å². The number of aromatic hydroxyl groups is 1. The van der Waals surface area contributed by atoms with Crippen molar-refractivity contribution in [3.8, 4) is 5.75 Å². The SMILES string of the molecule is O=C1N[C@@H](c2ccccc2O)[C@H](C(=O)O)c2ccccc21. The van der Waals surface area contributed by atoms with Crippen molar-refractivity contribution in [2.75, 3.05) is 0 Å². The molecular weight excluding hydrogens is 270 g/mol. The van der Waals surface area contributed by atoms with Crippen molar-refractivity contribution < 1.29 is 19.8 Å². The maximum atomic E-state index is 12.2. The number of carboxylic acid groups (broad SMARTS) is 1. The third kappa shape index (κ3) is 2.12. The Morgan fingerprint density at radius 2 is 1.62 bits per heavy atom. The predicted octanol–water partition coefficient (Wildman–Crippen LogP) is 2.05. The maximum Gasteiger partial charge on any atom is 0.313 e. The Labute approximate surface area is 120 Å². The molecule has 0 saturated carbocycles. The minimum absolute atomic E-state index is 0.0339. The second-order valence-electron chi connectivity index (χ2n) is 4.91. The molecule has 5 nitrogen and oxygen atoms in total. The molecule has 2 aromatic rings. The number of para-hydroxylation sites is 1. The minimum Gasteiger partial charge on any atom is -0.508 e. The van der Waals surface area contributed by atoms with Gasteiger partial charge in [-0.3, -0.25) is 9.59 Å². The number of carbonyl (C=O) groups excluding carboxylic acids is 1. The average molecular weight is 283 g/mol. The highest BCUT2D eigenvalue weighted by molar-refractivity contribution is 6.00. The monoisotopic (exact) mass is 283 g/mol. The fourth-order valence-corrected chi connectivity index (χ4v) is 2.74. The summed E-state index contributed by atoms with van der Waals surface area (Å²) in [6.45, 7) is 0. The van der Waals surface area contributed by atoms with Gasteiger partial charge in [-0.2, -0.15) is 0 Å². The summed E-state index contributed by atoms with van der Waals surface area (Å²) in [5.41, 5.74) is 1.21. The normalized spacial score (nSPS) is 20.5. The second-order valence-corrected chi connectivity index (χ2v) is 4.91. The zero-order chi connectivity index (χ0) is 15.0. The molecular formula is C16H13NO4. The van der Waals surface area contributed by atoms with E-state index in [0.29, 0.717) is 16.7 Å². The molecule has 0 aliphatic carbocycles. The highest BCUT2D eigenvalue weighted by Gasteiger charge is 2.39. The molecule has 1 amide bonds. The summed E-state index contributed by atoms with van der Waals surface area (Å²) in [7, 11) is 0. The van der Waals surface area contributed by atoms with Gasteiger partial charge < -0.3 is 15.5 Å². The second kappa shape index (κ2) is 4.94. The number of rotatable bonds is 2. The lowest BCUT2D eigenvalue weighted by atomic mass is 9.81. The zero-order valence-corrected chi connectivity index (χ0v) is 11.0. The number of benzene rings is 2. The number of phenols is 1. The predicted molar refractivity (Wildman–Crippen MR) is 75.1 cm³/mol. The average Bonchev–Trinajstić information content (AvgIpc) is 2.47. The lowest BCUT2D eigenvalue weighted by Crippen LogP contribution is -2.41. The zero-order valence-electron chi connectivity index (χ0n) is 11.0. The highest BCUT2D eigenvalue weighted by Crippen LogP contribution is 2.39. The third-order valence-electron chi connectivity index (χ3n) is 3.70. The van der Waals surface area contributed by atoms with Gasteiger partial charge in [0.1, 0.15) is 11.7 Å². The number of nitrogens with one attached hydrogen (secondary N) is 1. The van der Waals surface area contributed by atoms with Gasteiger partial charge in [-0.1, -0.05) is 36.4 Å². The fraction of sp³-hybridized carbons (Fsp3) is 0.125. The van der Waals surface area contributed by atoms with E-state index in [1.165, 1.54) is 6.07 Å². The van der Waals surface area contributed by atoms with E-state index >= 15 is 0 Å². The molecule has 0 saturated heterocycles. The van der Waals surface area contributed by atoms with Gasteiger partial charge >= 0.3 is 5.97 Å². The molecule has 1 aliphatic rings. The van der Waals surface area contributed by atoms with Crippen LogP contribution in [0.4, 0.5) is 0 Å². The van der Waals surface area contributed by atoms with Crippen molar-refractivity contribution in [2.24, 2.45) is 0 Å². The van der Waals surface area contributed by atoms with E-state index in [0.717, 1.165) is 0 Å². The lowest BCUT2D eigenvalue weighted by Gasteiger charge is -2.32. The van der Waals surface area contributed by atoms with Crippen LogP contribution in [0, 0.1) is 0 Å². The standard InChI is InChI=1S/C16H13NO4/c18-12-8-4-3-7-11(12)14-13(16(20)21)9-5-1-2-6-10(9)15(19)17-14/h1-8,13-14,18H,(H,17,19)(H,20,21)/t13-,14+/m1/s1.